The molecular weight excluding hydrogens is 272 g/mol. The van der Waals surface area contributed by atoms with E-state index in [0.717, 1.165) is 42.7 Å². The monoisotopic (exact) mass is 294 g/mol. The van der Waals surface area contributed by atoms with Crippen molar-refractivity contribution in [3.8, 4) is 0 Å². The summed E-state index contributed by atoms with van der Waals surface area (Å²) >= 11 is 6.14. The first kappa shape index (κ1) is 15.3. The van der Waals surface area contributed by atoms with Gasteiger partial charge in [-0.05, 0) is 44.2 Å². The second-order valence-corrected chi connectivity index (χ2v) is 6.24. The van der Waals surface area contributed by atoms with Crippen LogP contribution in [0.1, 0.15) is 38.2 Å². The van der Waals surface area contributed by atoms with Gasteiger partial charge in [0.25, 0.3) is 0 Å². The van der Waals surface area contributed by atoms with E-state index in [1.165, 1.54) is 0 Å². The average molecular weight is 295 g/mol. The molecule has 1 saturated carbocycles. The molecule has 2 rings (SSSR count). The summed E-state index contributed by atoms with van der Waals surface area (Å²) in [4.78, 5) is 12.2. The number of carbonyl (C=O) groups excluding carboxylic acids is 1. The third-order valence-corrected chi connectivity index (χ3v) is 4.33. The van der Waals surface area contributed by atoms with Gasteiger partial charge in [0, 0.05) is 23.0 Å². The summed E-state index contributed by atoms with van der Waals surface area (Å²) in [5, 5.41) is 3.85. The van der Waals surface area contributed by atoms with Crippen molar-refractivity contribution in [2.75, 3.05) is 0 Å². The van der Waals surface area contributed by atoms with E-state index in [9.17, 15) is 4.79 Å². The first-order chi connectivity index (χ1) is 9.56. The van der Waals surface area contributed by atoms with Crippen LogP contribution in [-0.2, 0) is 11.2 Å². The number of rotatable bonds is 4. The van der Waals surface area contributed by atoms with Gasteiger partial charge in [-0.15, -0.1) is 0 Å². The highest BCUT2D eigenvalue weighted by Crippen LogP contribution is 2.23. The molecule has 3 nitrogen and oxygen atoms in total. The number of nitrogens with two attached hydrogens (primary N) is 1. The van der Waals surface area contributed by atoms with Crippen LogP contribution in [-0.4, -0.2) is 18.0 Å². The zero-order valence-electron chi connectivity index (χ0n) is 11.9. The molecule has 1 aromatic carbocycles. The van der Waals surface area contributed by atoms with Crippen LogP contribution in [0.4, 0.5) is 0 Å². The van der Waals surface area contributed by atoms with Gasteiger partial charge < -0.3 is 11.1 Å². The van der Waals surface area contributed by atoms with Crippen molar-refractivity contribution in [2.45, 2.75) is 51.1 Å². The Morgan fingerprint density at radius 2 is 2.20 bits per heavy atom. The van der Waals surface area contributed by atoms with Crippen LogP contribution in [0.3, 0.4) is 0 Å². The molecule has 1 fully saturated rings. The van der Waals surface area contributed by atoms with E-state index in [4.69, 9.17) is 17.3 Å². The van der Waals surface area contributed by atoms with E-state index in [0.29, 0.717) is 0 Å². The Balaban J connectivity index is 1.86. The number of hydrogen-bond acceptors (Lipinski definition) is 2. The van der Waals surface area contributed by atoms with Crippen molar-refractivity contribution in [3.05, 3.63) is 34.9 Å². The molecule has 3 unspecified atom stereocenters. The van der Waals surface area contributed by atoms with E-state index in [1.807, 2.05) is 31.2 Å². The highest BCUT2D eigenvalue weighted by atomic mass is 35.5. The summed E-state index contributed by atoms with van der Waals surface area (Å²) in [6.07, 6.45) is 4.62. The van der Waals surface area contributed by atoms with Crippen molar-refractivity contribution in [3.63, 3.8) is 0 Å². The zero-order valence-corrected chi connectivity index (χ0v) is 12.7. The van der Waals surface area contributed by atoms with Gasteiger partial charge in [0.1, 0.15) is 0 Å². The Labute approximate surface area is 125 Å². The van der Waals surface area contributed by atoms with E-state index in [2.05, 4.69) is 5.32 Å². The molecule has 0 radical (unpaired) electrons. The third-order valence-electron chi connectivity index (χ3n) is 3.96. The molecule has 110 valence electrons. The summed E-state index contributed by atoms with van der Waals surface area (Å²) in [6, 6.07) is 8.03. The Morgan fingerprint density at radius 1 is 1.45 bits per heavy atom. The Morgan fingerprint density at radius 3 is 2.90 bits per heavy atom. The number of hydrogen-bond donors (Lipinski definition) is 2. The molecule has 1 aliphatic carbocycles. The molecule has 0 bridgehead atoms. The molecule has 0 saturated heterocycles. The minimum Gasteiger partial charge on any atom is -0.353 e. The quantitative estimate of drug-likeness (QED) is 0.897. The molecule has 4 heteroatoms. The molecule has 0 heterocycles. The first-order valence-corrected chi connectivity index (χ1v) is 7.73. The van der Waals surface area contributed by atoms with Gasteiger partial charge in [0.15, 0.2) is 0 Å². The lowest BCUT2D eigenvalue weighted by atomic mass is 9.85. The maximum atomic E-state index is 12.2. The van der Waals surface area contributed by atoms with E-state index in [-0.39, 0.29) is 23.9 Å². The van der Waals surface area contributed by atoms with Gasteiger partial charge in [-0.25, -0.2) is 0 Å². The molecule has 0 aromatic heterocycles. The molecule has 3 N–H and O–H groups in total. The van der Waals surface area contributed by atoms with E-state index < -0.39 is 0 Å². The van der Waals surface area contributed by atoms with Gasteiger partial charge in [-0.1, -0.05) is 36.2 Å². The SMILES string of the molecule is CC(Cc1ccccc1Cl)NC(=O)C1CCCC(N)C1. The second-order valence-electron chi connectivity index (χ2n) is 5.83. The lowest BCUT2D eigenvalue weighted by Gasteiger charge is -2.27. The van der Waals surface area contributed by atoms with Crippen LogP contribution in [0.25, 0.3) is 0 Å². The molecule has 20 heavy (non-hydrogen) atoms. The zero-order chi connectivity index (χ0) is 14.5. The number of halogens is 1. The Kier molecular flexibility index (Phi) is 5.44. The third kappa shape index (κ3) is 4.22. The maximum Gasteiger partial charge on any atom is 0.223 e. The molecule has 1 aliphatic rings. The van der Waals surface area contributed by atoms with Crippen LogP contribution in [0.15, 0.2) is 24.3 Å². The van der Waals surface area contributed by atoms with E-state index in [1.54, 1.807) is 0 Å². The van der Waals surface area contributed by atoms with Crippen molar-refractivity contribution in [2.24, 2.45) is 11.7 Å². The lowest BCUT2D eigenvalue weighted by Crippen LogP contribution is -2.42. The summed E-state index contributed by atoms with van der Waals surface area (Å²) in [6.45, 7) is 2.02. The van der Waals surface area contributed by atoms with Crippen LogP contribution in [0, 0.1) is 5.92 Å². The topological polar surface area (TPSA) is 55.1 Å². The Hall–Kier alpha value is -1.06. The second kappa shape index (κ2) is 7.09. The predicted molar refractivity (Wildman–Crippen MR) is 82.7 cm³/mol. The highest BCUT2D eigenvalue weighted by Gasteiger charge is 2.26. The van der Waals surface area contributed by atoms with Crippen molar-refractivity contribution in [1.29, 1.82) is 0 Å². The minimum absolute atomic E-state index is 0.0763. The number of nitrogens with one attached hydrogen (secondary N) is 1. The molecular formula is C16H23ClN2O. The predicted octanol–water partition coefficient (Wildman–Crippen LogP) is 2.90. The van der Waals surface area contributed by atoms with Gasteiger partial charge in [-0.2, -0.15) is 0 Å². The number of amides is 1. The summed E-state index contributed by atoms with van der Waals surface area (Å²) in [5.41, 5.74) is 7.01. The van der Waals surface area contributed by atoms with Gasteiger partial charge in [0.2, 0.25) is 5.91 Å². The van der Waals surface area contributed by atoms with E-state index >= 15 is 0 Å². The lowest BCUT2D eigenvalue weighted by molar-refractivity contribution is -0.126. The van der Waals surface area contributed by atoms with Crippen molar-refractivity contribution in [1.82, 2.24) is 5.32 Å². The highest BCUT2D eigenvalue weighted by molar-refractivity contribution is 6.31. The minimum atomic E-state index is 0.0763. The first-order valence-electron chi connectivity index (χ1n) is 7.35. The summed E-state index contributed by atoms with van der Waals surface area (Å²) in [5.74, 6) is 0.215. The van der Waals surface area contributed by atoms with Gasteiger partial charge in [0.05, 0.1) is 0 Å². The molecule has 3 atom stereocenters. The molecule has 0 aliphatic heterocycles. The van der Waals surface area contributed by atoms with Gasteiger partial charge in [-0.3, -0.25) is 4.79 Å². The number of carbonyl (C=O) groups is 1. The fourth-order valence-corrected chi connectivity index (χ4v) is 3.08. The fraction of sp³-hybridized carbons (Fsp3) is 0.562. The average Bonchev–Trinajstić information content (AvgIpc) is 2.41. The van der Waals surface area contributed by atoms with Crippen LogP contribution in [0.5, 0.6) is 0 Å². The maximum absolute atomic E-state index is 12.2. The normalized spacial score (nSPS) is 24.1. The summed E-state index contributed by atoms with van der Waals surface area (Å²) < 4.78 is 0. The van der Waals surface area contributed by atoms with Crippen molar-refractivity contribution >= 4 is 17.5 Å². The molecule has 1 amide bonds. The molecule has 0 spiro atoms. The van der Waals surface area contributed by atoms with Crippen LogP contribution in [0.2, 0.25) is 5.02 Å². The summed E-state index contributed by atoms with van der Waals surface area (Å²) in [7, 11) is 0. The van der Waals surface area contributed by atoms with Crippen LogP contribution < -0.4 is 11.1 Å². The van der Waals surface area contributed by atoms with Gasteiger partial charge >= 0.3 is 0 Å². The smallest absolute Gasteiger partial charge is 0.223 e. The number of benzene rings is 1. The standard InChI is InChI=1S/C16H23ClN2O/c1-11(9-12-5-2-3-8-15(12)17)19-16(20)13-6-4-7-14(18)10-13/h2-3,5,8,11,13-14H,4,6-7,9-10,18H2,1H3,(H,19,20). The largest absolute Gasteiger partial charge is 0.353 e. The molecule has 1 aromatic rings. The van der Waals surface area contributed by atoms with Crippen molar-refractivity contribution < 1.29 is 4.79 Å². The fourth-order valence-electron chi connectivity index (χ4n) is 2.87. The Bertz CT molecular complexity index is 464. The van der Waals surface area contributed by atoms with Crippen LogP contribution >= 0.6 is 11.6 Å².